The van der Waals surface area contributed by atoms with Crippen molar-refractivity contribution in [3.8, 4) is 34.4 Å². The Kier molecular flexibility index (Phi) is 8.70. The molecule has 0 aliphatic rings. The van der Waals surface area contributed by atoms with Crippen LogP contribution < -0.4 is 19.6 Å². The molecule has 43 heavy (non-hydrogen) atoms. The smallest absolute Gasteiger partial charge is 0.343 e. The molecule has 0 spiro atoms. The Morgan fingerprint density at radius 2 is 1.84 bits per heavy atom. The SMILES string of the molecule is CCOc1cc(C=NNC(=O)c2[nH]c3c(C#N)cccc3c2-c2ccccc2Cl)ccc1OC(=O)c1cccc(OC)c1. The summed E-state index contributed by atoms with van der Waals surface area (Å²) in [6.45, 7) is 2.14. The zero-order valence-corrected chi connectivity index (χ0v) is 23.9. The quantitative estimate of drug-likeness (QED) is 0.0844. The largest absolute Gasteiger partial charge is 0.497 e. The van der Waals surface area contributed by atoms with E-state index in [1.54, 1.807) is 66.7 Å². The van der Waals surface area contributed by atoms with E-state index in [0.717, 1.165) is 0 Å². The summed E-state index contributed by atoms with van der Waals surface area (Å²) in [6.07, 6.45) is 1.44. The molecule has 2 N–H and O–H groups in total. The van der Waals surface area contributed by atoms with Crippen LogP contribution in [-0.4, -0.2) is 36.8 Å². The first-order valence-electron chi connectivity index (χ1n) is 13.2. The lowest BCUT2D eigenvalue weighted by atomic mass is 10.0. The molecule has 10 heteroatoms. The average molecular weight is 593 g/mol. The van der Waals surface area contributed by atoms with Gasteiger partial charge in [-0.05, 0) is 61.0 Å². The van der Waals surface area contributed by atoms with E-state index >= 15 is 0 Å². The Morgan fingerprint density at radius 1 is 1.02 bits per heavy atom. The molecule has 5 aromatic rings. The first-order valence-corrected chi connectivity index (χ1v) is 13.6. The number of esters is 1. The maximum Gasteiger partial charge on any atom is 0.343 e. The summed E-state index contributed by atoms with van der Waals surface area (Å²) in [5, 5.41) is 14.9. The van der Waals surface area contributed by atoms with E-state index in [-0.39, 0.29) is 11.4 Å². The van der Waals surface area contributed by atoms with E-state index in [9.17, 15) is 14.9 Å². The van der Waals surface area contributed by atoms with Crippen LogP contribution in [-0.2, 0) is 0 Å². The maximum absolute atomic E-state index is 13.4. The topological polar surface area (TPSA) is 126 Å². The number of ether oxygens (including phenoxy) is 3. The van der Waals surface area contributed by atoms with Crippen molar-refractivity contribution in [2.75, 3.05) is 13.7 Å². The average Bonchev–Trinajstić information content (AvgIpc) is 3.42. The summed E-state index contributed by atoms with van der Waals surface area (Å²) in [7, 11) is 1.52. The van der Waals surface area contributed by atoms with Gasteiger partial charge in [0, 0.05) is 21.5 Å². The minimum absolute atomic E-state index is 0.206. The number of hydrazone groups is 1. The Morgan fingerprint density at radius 3 is 2.60 bits per heavy atom. The molecule has 214 valence electrons. The molecule has 1 heterocycles. The first kappa shape index (κ1) is 28.9. The molecule has 0 aliphatic heterocycles. The number of aromatic nitrogens is 1. The number of benzene rings is 4. The van der Waals surface area contributed by atoms with Gasteiger partial charge in [0.1, 0.15) is 17.5 Å². The predicted molar refractivity (Wildman–Crippen MR) is 164 cm³/mol. The minimum Gasteiger partial charge on any atom is -0.497 e. The summed E-state index contributed by atoms with van der Waals surface area (Å²) in [5.41, 5.74) is 5.77. The highest BCUT2D eigenvalue weighted by Gasteiger charge is 2.22. The van der Waals surface area contributed by atoms with E-state index in [0.29, 0.717) is 61.8 Å². The van der Waals surface area contributed by atoms with E-state index in [4.69, 9.17) is 25.8 Å². The molecule has 0 saturated heterocycles. The van der Waals surface area contributed by atoms with Crippen LogP contribution in [0, 0.1) is 11.3 Å². The Bertz CT molecular complexity index is 1910. The molecule has 0 saturated carbocycles. The van der Waals surface area contributed by atoms with E-state index < -0.39 is 11.9 Å². The number of para-hydroxylation sites is 1. The van der Waals surface area contributed by atoms with Crippen LogP contribution >= 0.6 is 11.6 Å². The number of carbonyl (C=O) groups excluding carboxylic acids is 2. The second kappa shape index (κ2) is 12.9. The van der Waals surface area contributed by atoms with Crippen LogP contribution in [0.15, 0.2) is 90.0 Å². The van der Waals surface area contributed by atoms with Crippen molar-refractivity contribution in [1.82, 2.24) is 10.4 Å². The number of nitriles is 1. The van der Waals surface area contributed by atoms with E-state index in [2.05, 4.69) is 21.6 Å². The Labute approximate surface area is 252 Å². The van der Waals surface area contributed by atoms with Crippen molar-refractivity contribution in [1.29, 1.82) is 5.26 Å². The van der Waals surface area contributed by atoms with Crippen LogP contribution in [0.2, 0.25) is 5.02 Å². The molecular weight excluding hydrogens is 568 g/mol. The number of carbonyl (C=O) groups is 2. The van der Waals surface area contributed by atoms with Gasteiger partial charge in [-0.2, -0.15) is 10.4 Å². The second-order valence-electron chi connectivity index (χ2n) is 9.15. The summed E-state index contributed by atoms with van der Waals surface area (Å²) in [6, 6.07) is 26.1. The van der Waals surface area contributed by atoms with Gasteiger partial charge in [-0.3, -0.25) is 4.79 Å². The van der Waals surface area contributed by atoms with Crippen molar-refractivity contribution >= 4 is 40.6 Å². The number of nitrogens with zero attached hydrogens (tertiary/aromatic N) is 2. The van der Waals surface area contributed by atoms with Crippen molar-refractivity contribution in [2.24, 2.45) is 5.10 Å². The highest BCUT2D eigenvalue weighted by molar-refractivity contribution is 6.34. The van der Waals surface area contributed by atoms with Crippen LogP contribution in [0.5, 0.6) is 17.2 Å². The zero-order valence-electron chi connectivity index (χ0n) is 23.2. The third kappa shape index (κ3) is 6.20. The van der Waals surface area contributed by atoms with Crippen molar-refractivity contribution < 1.29 is 23.8 Å². The van der Waals surface area contributed by atoms with Gasteiger partial charge in [-0.25, -0.2) is 10.2 Å². The van der Waals surface area contributed by atoms with E-state index in [1.807, 2.05) is 25.1 Å². The summed E-state index contributed by atoms with van der Waals surface area (Å²) < 4.78 is 16.5. The molecule has 0 radical (unpaired) electrons. The molecule has 9 nitrogen and oxygen atoms in total. The summed E-state index contributed by atoms with van der Waals surface area (Å²) in [4.78, 5) is 29.2. The minimum atomic E-state index is -0.569. The number of halogens is 1. The predicted octanol–water partition coefficient (Wildman–Crippen LogP) is 6.75. The van der Waals surface area contributed by atoms with Crippen LogP contribution in [0.3, 0.4) is 0 Å². The number of hydrogen-bond donors (Lipinski definition) is 2. The fourth-order valence-electron chi connectivity index (χ4n) is 4.51. The maximum atomic E-state index is 13.4. The van der Waals surface area contributed by atoms with Gasteiger partial charge in [-0.1, -0.05) is 48.0 Å². The normalized spacial score (nSPS) is 10.8. The lowest BCUT2D eigenvalue weighted by Gasteiger charge is -2.11. The van der Waals surface area contributed by atoms with Crippen molar-refractivity contribution in [2.45, 2.75) is 6.92 Å². The molecule has 1 aromatic heterocycles. The fraction of sp³-hybridized carbons (Fsp3) is 0.0909. The zero-order chi connectivity index (χ0) is 30.3. The first-order chi connectivity index (χ1) is 20.9. The molecular formula is C33H25ClN4O5. The monoisotopic (exact) mass is 592 g/mol. The molecule has 0 fully saturated rings. The lowest BCUT2D eigenvalue weighted by Crippen LogP contribution is -2.19. The second-order valence-corrected chi connectivity index (χ2v) is 9.56. The number of methoxy groups -OCH3 is 1. The highest BCUT2D eigenvalue weighted by atomic mass is 35.5. The molecule has 0 aliphatic carbocycles. The van der Waals surface area contributed by atoms with Gasteiger partial charge in [0.2, 0.25) is 0 Å². The van der Waals surface area contributed by atoms with Crippen molar-refractivity contribution in [3.05, 3.63) is 112 Å². The summed E-state index contributed by atoms with van der Waals surface area (Å²) in [5.74, 6) is -0.00723. The van der Waals surface area contributed by atoms with Gasteiger partial charge in [-0.15, -0.1) is 0 Å². The van der Waals surface area contributed by atoms with Crippen LogP contribution in [0.4, 0.5) is 0 Å². The molecule has 0 bridgehead atoms. The standard InChI is InChI=1S/C33H25ClN4O5/c1-3-42-28-16-20(14-15-27(28)43-33(40)21-8-6-10-23(17-21)41-2)19-36-38-32(39)31-29(24-11-4-5-13-26(24)34)25-12-7-9-22(18-35)30(25)37-31/h4-17,19,37H,3H2,1-2H3,(H,38,39). The van der Waals surface area contributed by atoms with Gasteiger partial charge in [0.05, 0.1) is 36.6 Å². The fourth-order valence-corrected chi connectivity index (χ4v) is 4.74. The third-order valence-electron chi connectivity index (χ3n) is 6.48. The number of fused-ring (bicyclic) bond motifs is 1. The molecule has 0 atom stereocenters. The molecule has 0 unspecified atom stereocenters. The summed E-state index contributed by atoms with van der Waals surface area (Å²) >= 11 is 6.49. The third-order valence-corrected chi connectivity index (χ3v) is 6.81. The van der Waals surface area contributed by atoms with Crippen molar-refractivity contribution in [3.63, 3.8) is 0 Å². The van der Waals surface area contributed by atoms with Gasteiger partial charge in [0.15, 0.2) is 11.5 Å². The lowest BCUT2D eigenvalue weighted by molar-refractivity contribution is 0.0727. The number of nitrogens with one attached hydrogen (secondary N) is 2. The number of aromatic amines is 1. The van der Waals surface area contributed by atoms with Gasteiger partial charge >= 0.3 is 5.97 Å². The van der Waals surface area contributed by atoms with Crippen LogP contribution in [0.25, 0.3) is 22.0 Å². The molecule has 5 rings (SSSR count). The highest BCUT2D eigenvalue weighted by Crippen LogP contribution is 2.37. The van der Waals surface area contributed by atoms with Crippen LogP contribution in [0.1, 0.15) is 38.9 Å². The molecule has 1 amide bonds. The number of H-pyrrole nitrogens is 1. The Hall–Kier alpha value is -5.59. The molecule has 4 aromatic carbocycles. The number of amides is 1. The van der Waals surface area contributed by atoms with E-state index in [1.165, 1.54) is 13.3 Å². The Balaban J connectivity index is 1.39. The number of rotatable bonds is 9. The number of hydrogen-bond acceptors (Lipinski definition) is 7. The van der Waals surface area contributed by atoms with Gasteiger partial charge < -0.3 is 19.2 Å². The van der Waals surface area contributed by atoms with Gasteiger partial charge in [0.25, 0.3) is 5.91 Å².